The predicted octanol–water partition coefficient (Wildman–Crippen LogP) is 1.80. The Morgan fingerprint density at radius 1 is 1.26 bits per heavy atom. The van der Waals surface area contributed by atoms with Gasteiger partial charge in [0.05, 0.1) is 36.9 Å². The molecule has 5 rings (SSSR count). The van der Waals surface area contributed by atoms with E-state index in [0.29, 0.717) is 65.0 Å². The molecule has 0 unspecified atom stereocenters. The van der Waals surface area contributed by atoms with Gasteiger partial charge in [-0.05, 0) is 57.2 Å². The van der Waals surface area contributed by atoms with Gasteiger partial charge in [-0.1, -0.05) is 0 Å². The number of aliphatic hydroxyl groups excluding tert-OH is 2. The van der Waals surface area contributed by atoms with Crippen LogP contribution in [0.25, 0.3) is 22.3 Å². The number of amides is 2. The summed E-state index contributed by atoms with van der Waals surface area (Å²) in [4.78, 5) is 39.1. The van der Waals surface area contributed by atoms with Crippen LogP contribution in [0, 0.1) is 12.8 Å². The number of nitrogens with one attached hydrogen (secondary N) is 2. The molecule has 11 heteroatoms. The first kappa shape index (κ1) is 25.9. The zero-order valence-corrected chi connectivity index (χ0v) is 21.7. The van der Waals surface area contributed by atoms with E-state index in [9.17, 15) is 19.8 Å². The third kappa shape index (κ3) is 5.16. The Labute approximate surface area is 220 Å². The minimum absolute atomic E-state index is 0.0351. The van der Waals surface area contributed by atoms with Crippen LogP contribution < -0.4 is 14.8 Å². The van der Waals surface area contributed by atoms with Crippen LogP contribution in [-0.4, -0.2) is 86.9 Å². The summed E-state index contributed by atoms with van der Waals surface area (Å²) < 4.78 is 11.6. The number of aromatic nitrogens is 3. The molecule has 1 saturated heterocycles. The Balaban J connectivity index is 1.42. The maximum absolute atomic E-state index is 13.4. The number of ether oxygens (including phenoxy) is 2. The molecule has 1 saturated carbocycles. The number of β-amino-alcohol motifs (C(OH)–C–C–N with tert-alkyl or cyclic N) is 1. The van der Waals surface area contributed by atoms with Crippen LogP contribution in [-0.2, 0) is 4.79 Å². The molecule has 2 fully saturated rings. The number of aliphatic hydroxyl groups is 2. The molecule has 2 amide bonds. The van der Waals surface area contributed by atoms with Gasteiger partial charge in [-0.25, -0.2) is 9.97 Å². The molecule has 3 atom stereocenters. The molecule has 0 radical (unpaired) electrons. The lowest BCUT2D eigenvalue weighted by atomic mass is 10.0. The van der Waals surface area contributed by atoms with Crippen LogP contribution in [0.1, 0.15) is 42.2 Å². The highest BCUT2D eigenvalue weighted by Gasteiger charge is 2.33. The molecule has 3 aromatic rings. The fourth-order valence-corrected chi connectivity index (χ4v) is 4.85. The quantitative estimate of drug-likeness (QED) is 0.349. The molecular formula is C27H33N5O6. The lowest BCUT2D eigenvalue weighted by molar-refractivity contribution is -0.142. The summed E-state index contributed by atoms with van der Waals surface area (Å²) in [6.45, 7) is 4.18. The monoisotopic (exact) mass is 523 g/mol. The number of hydrogen-bond donors (Lipinski definition) is 4. The predicted molar refractivity (Wildman–Crippen MR) is 139 cm³/mol. The minimum Gasteiger partial charge on any atom is -0.497 e. The van der Waals surface area contributed by atoms with Crippen molar-refractivity contribution in [3.05, 3.63) is 35.8 Å². The lowest BCUT2D eigenvalue weighted by Crippen LogP contribution is -2.56. The molecule has 202 valence electrons. The van der Waals surface area contributed by atoms with Crippen molar-refractivity contribution in [1.29, 1.82) is 0 Å². The Kier molecular flexibility index (Phi) is 7.22. The largest absolute Gasteiger partial charge is 0.497 e. The van der Waals surface area contributed by atoms with Gasteiger partial charge in [0, 0.05) is 24.3 Å². The van der Waals surface area contributed by atoms with E-state index in [1.165, 1.54) is 31.0 Å². The zero-order chi connectivity index (χ0) is 27.0. The summed E-state index contributed by atoms with van der Waals surface area (Å²) in [6, 6.07) is 5.02. The third-order valence-corrected chi connectivity index (χ3v) is 7.18. The van der Waals surface area contributed by atoms with Crippen LogP contribution in [0.3, 0.4) is 0 Å². The highest BCUT2D eigenvalue weighted by molar-refractivity contribution is 6.09. The van der Waals surface area contributed by atoms with E-state index in [0.717, 1.165) is 5.56 Å². The number of likely N-dealkylation sites (tertiary alicyclic amines) is 1. The van der Waals surface area contributed by atoms with Gasteiger partial charge in [-0.3, -0.25) is 9.59 Å². The topological polar surface area (TPSA) is 150 Å². The van der Waals surface area contributed by atoms with Crippen molar-refractivity contribution in [3.8, 4) is 22.8 Å². The fraction of sp³-hybridized carbons (Fsp3) is 0.481. The number of aromatic amines is 1. The third-order valence-electron chi connectivity index (χ3n) is 7.18. The van der Waals surface area contributed by atoms with Gasteiger partial charge < -0.3 is 34.9 Å². The number of benzene rings is 1. The Bertz CT molecular complexity index is 1350. The summed E-state index contributed by atoms with van der Waals surface area (Å²) in [5, 5.41) is 23.1. The number of aryl methyl sites for hydroxylation is 1. The molecule has 1 aromatic carbocycles. The number of methoxy groups -OCH3 is 1. The molecular weight excluding hydrogens is 490 g/mol. The van der Waals surface area contributed by atoms with Gasteiger partial charge in [-0.2, -0.15) is 0 Å². The number of hydrogen-bond acceptors (Lipinski definition) is 8. The van der Waals surface area contributed by atoms with Gasteiger partial charge in [0.15, 0.2) is 0 Å². The molecule has 38 heavy (non-hydrogen) atoms. The molecule has 2 aromatic heterocycles. The maximum Gasteiger partial charge on any atom is 0.255 e. The van der Waals surface area contributed by atoms with Crippen LogP contribution in [0.5, 0.6) is 11.5 Å². The van der Waals surface area contributed by atoms with Crippen LogP contribution >= 0.6 is 0 Å². The standard InChI is InChI=1S/C27H33N5O6/c1-14-22(26(35)31-19-8-9-32(11-20(19)34)27(36)15(2)33)24-25(30-14)23(28-13-29-24)18-10-17(37-3)6-7-21(18)38-12-16-4-5-16/h6-7,10,13,15-16,19-20,30,33-34H,4-5,8-9,11-12H2,1-3H3,(H,31,35)/t15-,19+,20+/m0/s1. The average Bonchev–Trinajstić information content (AvgIpc) is 3.67. The molecule has 4 N–H and O–H groups in total. The Morgan fingerprint density at radius 2 is 2.05 bits per heavy atom. The maximum atomic E-state index is 13.4. The second-order valence-corrected chi connectivity index (χ2v) is 10.1. The second-order valence-electron chi connectivity index (χ2n) is 10.1. The Morgan fingerprint density at radius 3 is 2.74 bits per heavy atom. The van der Waals surface area contributed by atoms with E-state index in [-0.39, 0.29) is 12.5 Å². The first-order valence-corrected chi connectivity index (χ1v) is 12.9. The number of rotatable bonds is 8. The highest BCUT2D eigenvalue weighted by atomic mass is 16.5. The normalized spacial score (nSPS) is 20.3. The molecule has 1 aliphatic carbocycles. The number of fused-ring (bicyclic) bond motifs is 1. The van der Waals surface area contributed by atoms with Gasteiger partial charge in [0.1, 0.15) is 35.1 Å². The van der Waals surface area contributed by atoms with Crippen molar-refractivity contribution in [2.45, 2.75) is 51.4 Å². The van der Waals surface area contributed by atoms with E-state index in [1.807, 2.05) is 18.2 Å². The van der Waals surface area contributed by atoms with Gasteiger partial charge >= 0.3 is 0 Å². The molecule has 0 spiro atoms. The van der Waals surface area contributed by atoms with Crippen molar-refractivity contribution in [2.24, 2.45) is 5.92 Å². The van der Waals surface area contributed by atoms with E-state index in [1.54, 1.807) is 14.0 Å². The van der Waals surface area contributed by atoms with Crippen molar-refractivity contribution >= 4 is 22.8 Å². The van der Waals surface area contributed by atoms with E-state index in [2.05, 4.69) is 20.3 Å². The first-order valence-electron chi connectivity index (χ1n) is 12.9. The van der Waals surface area contributed by atoms with Crippen molar-refractivity contribution in [2.75, 3.05) is 26.8 Å². The number of H-pyrrole nitrogens is 1. The number of nitrogens with zero attached hydrogens (tertiary/aromatic N) is 3. The average molecular weight is 524 g/mol. The summed E-state index contributed by atoms with van der Waals surface area (Å²) >= 11 is 0. The van der Waals surface area contributed by atoms with Crippen LogP contribution in [0.4, 0.5) is 0 Å². The zero-order valence-electron chi connectivity index (χ0n) is 21.7. The van der Waals surface area contributed by atoms with Crippen LogP contribution in [0.2, 0.25) is 0 Å². The van der Waals surface area contributed by atoms with Crippen molar-refractivity contribution < 1.29 is 29.3 Å². The number of carbonyl (C=O) groups excluding carboxylic acids is 2. The van der Waals surface area contributed by atoms with Crippen LogP contribution in [0.15, 0.2) is 24.5 Å². The van der Waals surface area contributed by atoms with Gasteiger partial charge in [0.25, 0.3) is 11.8 Å². The second kappa shape index (κ2) is 10.6. The molecule has 3 heterocycles. The lowest BCUT2D eigenvalue weighted by Gasteiger charge is -2.36. The van der Waals surface area contributed by atoms with Gasteiger partial charge in [-0.15, -0.1) is 0 Å². The van der Waals surface area contributed by atoms with Gasteiger partial charge in [0.2, 0.25) is 0 Å². The highest BCUT2D eigenvalue weighted by Crippen LogP contribution is 2.38. The van der Waals surface area contributed by atoms with Crippen molar-refractivity contribution in [3.63, 3.8) is 0 Å². The first-order chi connectivity index (χ1) is 18.3. The minimum atomic E-state index is -1.14. The van der Waals surface area contributed by atoms with E-state index in [4.69, 9.17) is 9.47 Å². The summed E-state index contributed by atoms with van der Waals surface area (Å²) in [5.41, 5.74) is 3.35. The molecule has 0 bridgehead atoms. The van der Waals surface area contributed by atoms with Crippen molar-refractivity contribution in [1.82, 2.24) is 25.2 Å². The fourth-order valence-electron chi connectivity index (χ4n) is 4.85. The molecule has 2 aliphatic rings. The molecule has 11 nitrogen and oxygen atoms in total. The van der Waals surface area contributed by atoms with E-state index < -0.39 is 24.2 Å². The summed E-state index contributed by atoms with van der Waals surface area (Å²) in [6.07, 6.45) is 2.01. The number of piperidine rings is 1. The molecule has 1 aliphatic heterocycles. The summed E-state index contributed by atoms with van der Waals surface area (Å²) in [5.74, 6) is 1.08. The Hall–Kier alpha value is -3.70. The SMILES string of the molecule is COc1ccc(OCC2CC2)c(-c2ncnc3c(C(=O)N[C@@H]4CCN(C(=O)[C@H](C)O)C[C@H]4O)c(C)[nH]c23)c1. The van der Waals surface area contributed by atoms with E-state index >= 15 is 0 Å². The smallest absolute Gasteiger partial charge is 0.255 e. The summed E-state index contributed by atoms with van der Waals surface area (Å²) in [7, 11) is 1.60. The number of carbonyl (C=O) groups is 2.